The van der Waals surface area contributed by atoms with E-state index in [0.29, 0.717) is 0 Å². The maximum absolute atomic E-state index is 12.4. The third-order valence-electron chi connectivity index (χ3n) is 2.48. The van der Waals surface area contributed by atoms with Crippen molar-refractivity contribution in [2.24, 2.45) is 0 Å². The Morgan fingerprint density at radius 3 is 2.63 bits per heavy atom. The fourth-order valence-electron chi connectivity index (χ4n) is 1.45. The predicted molar refractivity (Wildman–Crippen MR) is 72.3 cm³/mol. The minimum absolute atomic E-state index is 0.0766. The summed E-state index contributed by atoms with van der Waals surface area (Å²) in [7, 11) is -2.70. The van der Waals surface area contributed by atoms with Gasteiger partial charge in [-0.1, -0.05) is 18.5 Å². The standard InChI is InChI=1S/C11H15ClN2O4S/c1-3-14(7-11(15)18-2)19(16,17)10-6-8(12)4-5-9(10)13/h4-6H,3,7,13H2,1-2H3. The molecule has 0 fully saturated rings. The zero-order chi connectivity index (χ0) is 14.6. The number of carbonyl (C=O) groups excluding carboxylic acids is 1. The second kappa shape index (κ2) is 6.23. The number of carbonyl (C=O) groups is 1. The summed E-state index contributed by atoms with van der Waals surface area (Å²) in [6, 6.07) is 4.15. The van der Waals surface area contributed by atoms with Gasteiger partial charge in [0.05, 0.1) is 12.8 Å². The Balaban J connectivity index is 3.20. The number of halogens is 1. The Morgan fingerprint density at radius 1 is 1.47 bits per heavy atom. The molecule has 0 atom stereocenters. The normalized spacial score (nSPS) is 11.6. The Hall–Kier alpha value is -1.31. The van der Waals surface area contributed by atoms with Crippen LogP contribution in [-0.4, -0.2) is 38.9 Å². The van der Waals surface area contributed by atoms with E-state index < -0.39 is 16.0 Å². The highest BCUT2D eigenvalue weighted by Crippen LogP contribution is 2.25. The van der Waals surface area contributed by atoms with Gasteiger partial charge in [0.1, 0.15) is 11.4 Å². The number of rotatable bonds is 5. The third kappa shape index (κ3) is 3.59. The number of esters is 1. The van der Waals surface area contributed by atoms with Crippen LogP contribution in [-0.2, 0) is 19.6 Å². The Kier molecular flexibility index (Phi) is 5.16. The summed E-state index contributed by atoms with van der Waals surface area (Å²) in [5.74, 6) is -0.647. The molecule has 0 saturated carbocycles. The van der Waals surface area contributed by atoms with Gasteiger partial charge in [-0.3, -0.25) is 4.79 Å². The lowest BCUT2D eigenvalue weighted by Crippen LogP contribution is -2.36. The number of sulfonamides is 1. The molecule has 0 bridgehead atoms. The Bertz CT molecular complexity index is 574. The summed E-state index contributed by atoms with van der Waals surface area (Å²) in [5.41, 5.74) is 5.73. The van der Waals surface area contributed by atoms with Crippen LogP contribution in [0, 0.1) is 0 Å². The fourth-order valence-corrected chi connectivity index (χ4v) is 3.22. The number of nitrogens with two attached hydrogens (primary N) is 1. The molecule has 0 aromatic heterocycles. The molecule has 19 heavy (non-hydrogen) atoms. The number of hydrogen-bond acceptors (Lipinski definition) is 5. The summed E-state index contributed by atoms with van der Waals surface area (Å²) in [5, 5.41) is 0.252. The summed E-state index contributed by atoms with van der Waals surface area (Å²) in [6.07, 6.45) is 0. The van der Waals surface area contributed by atoms with E-state index in [4.69, 9.17) is 17.3 Å². The minimum Gasteiger partial charge on any atom is -0.468 e. The molecule has 1 aromatic carbocycles. The van der Waals surface area contributed by atoms with Gasteiger partial charge in [0.2, 0.25) is 10.0 Å². The van der Waals surface area contributed by atoms with Crippen molar-refractivity contribution in [2.75, 3.05) is 25.9 Å². The maximum atomic E-state index is 12.4. The minimum atomic E-state index is -3.89. The van der Waals surface area contributed by atoms with Crippen LogP contribution in [0.3, 0.4) is 0 Å². The van der Waals surface area contributed by atoms with E-state index in [1.807, 2.05) is 0 Å². The highest BCUT2D eigenvalue weighted by molar-refractivity contribution is 7.89. The van der Waals surface area contributed by atoms with Crippen molar-refractivity contribution >= 4 is 33.3 Å². The molecule has 0 heterocycles. The first-order chi connectivity index (χ1) is 8.82. The SMILES string of the molecule is CCN(CC(=O)OC)S(=O)(=O)c1cc(Cl)ccc1N. The van der Waals surface area contributed by atoms with Gasteiger partial charge in [0.15, 0.2) is 0 Å². The monoisotopic (exact) mass is 306 g/mol. The van der Waals surface area contributed by atoms with Crippen LogP contribution in [0.1, 0.15) is 6.92 Å². The third-order valence-corrected chi connectivity index (χ3v) is 4.69. The van der Waals surface area contributed by atoms with E-state index in [-0.39, 0.29) is 28.7 Å². The molecule has 0 spiro atoms. The van der Waals surface area contributed by atoms with Crippen molar-refractivity contribution in [1.82, 2.24) is 4.31 Å². The van der Waals surface area contributed by atoms with Gasteiger partial charge in [-0.25, -0.2) is 8.42 Å². The van der Waals surface area contributed by atoms with E-state index in [1.54, 1.807) is 6.92 Å². The van der Waals surface area contributed by atoms with Crippen molar-refractivity contribution in [3.63, 3.8) is 0 Å². The van der Waals surface area contributed by atoms with Gasteiger partial charge >= 0.3 is 5.97 Å². The molecule has 0 radical (unpaired) electrons. The topological polar surface area (TPSA) is 89.7 Å². The molecule has 0 unspecified atom stereocenters. The summed E-state index contributed by atoms with van der Waals surface area (Å²) in [4.78, 5) is 11.1. The Morgan fingerprint density at radius 2 is 2.11 bits per heavy atom. The van der Waals surface area contributed by atoms with Gasteiger partial charge in [-0.05, 0) is 18.2 Å². The quantitative estimate of drug-likeness (QED) is 0.650. The number of anilines is 1. The highest BCUT2D eigenvalue weighted by Gasteiger charge is 2.27. The molecular formula is C11H15ClN2O4S. The first kappa shape index (κ1) is 15.7. The van der Waals surface area contributed by atoms with Gasteiger partial charge in [-0.2, -0.15) is 4.31 Å². The lowest BCUT2D eigenvalue weighted by molar-refractivity contribution is -0.140. The largest absolute Gasteiger partial charge is 0.468 e. The van der Waals surface area contributed by atoms with Crippen molar-refractivity contribution in [1.29, 1.82) is 0 Å². The van der Waals surface area contributed by atoms with E-state index in [1.165, 1.54) is 25.3 Å². The average Bonchev–Trinajstić information content (AvgIpc) is 2.37. The van der Waals surface area contributed by atoms with Crippen molar-refractivity contribution in [2.45, 2.75) is 11.8 Å². The number of nitrogens with zero attached hydrogens (tertiary/aromatic N) is 1. The first-order valence-electron chi connectivity index (χ1n) is 5.45. The zero-order valence-electron chi connectivity index (χ0n) is 10.6. The maximum Gasteiger partial charge on any atom is 0.321 e. The van der Waals surface area contributed by atoms with Crippen LogP contribution in [0.5, 0.6) is 0 Å². The van der Waals surface area contributed by atoms with Gasteiger partial charge in [0, 0.05) is 11.6 Å². The average molecular weight is 307 g/mol. The second-order valence-corrected chi connectivity index (χ2v) is 6.03. The van der Waals surface area contributed by atoms with Gasteiger partial charge in [-0.15, -0.1) is 0 Å². The van der Waals surface area contributed by atoms with Crippen LogP contribution in [0.25, 0.3) is 0 Å². The van der Waals surface area contributed by atoms with Gasteiger partial charge in [0.25, 0.3) is 0 Å². The number of likely N-dealkylation sites (N-methyl/N-ethyl adjacent to an activating group) is 1. The second-order valence-electron chi connectivity index (χ2n) is 3.69. The van der Waals surface area contributed by atoms with Crippen LogP contribution in [0.4, 0.5) is 5.69 Å². The molecule has 2 N–H and O–H groups in total. The molecule has 0 saturated heterocycles. The molecule has 1 rings (SSSR count). The van der Waals surface area contributed by atoms with Gasteiger partial charge < -0.3 is 10.5 Å². The molecule has 6 nitrogen and oxygen atoms in total. The van der Waals surface area contributed by atoms with E-state index in [0.717, 1.165) is 4.31 Å². The van der Waals surface area contributed by atoms with Crippen LogP contribution < -0.4 is 5.73 Å². The molecule has 0 aliphatic carbocycles. The summed E-state index contributed by atoms with van der Waals surface area (Å²) in [6.45, 7) is 1.35. The van der Waals surface area contributed by atoms with Crippen molar-refractivity contribution in [3.05, 3.63) is 23.2 Å². The number of ether oxygens (including phenoxy) is 1. The Labute approximate surface area is 117 Å². The smallest absolute Gasteiger partial charge is 0.321 e. The molecule has 8 heteroatoms. The van der Waals surface area contributed by atoms with E-state index in [9.17, 15) is 13.2 Å². The lowest BCUT2D eigenvalue weighted by atomic mass is 10.3. The van der Waals surface area contributed by atoms with E-state index >= 15 is 0 Å². The number of methoxy groups -OCH3 is 1. The number of nitrogen functional groups attached to an aromatic ring is 1. The van der Waals surface area contributed by atoms with Crippen LogP contribution in [0.2, 0.25) is 5.02 Å². The first-order valence-corrected chi connectivity index (χ1v) is 7.26. The molecule has 0 aliphatic rings. The number of hydrogen-bond donors (Lipinski definition) is 1. The fraction of sp³-hybridized carbons (Fsp3) is 0.364. The summed E-state index contributed by atoms with van der Waals surface area (Å²) < 4.78 is 30.2. The molecular weight excluding hydrogens is 292 g/mol. The zero-order valence-corrected chi connectivity index (χ0v) is 12.2. The number of benzene rings is 1. The van der Waals surface area contributed by atoms with Crippen LogP contribution in [0.15, 0.2) is 23.1 Å². The van der Waals surface area contributed by atoms with E-state index in [2.05, 4.69) is 4.74 Å². The van der Waals surface area contributed by atoms with Crippen molar-refractivity contribution in [3.8, 4) is 0 Å². The molecule has 0 amide bonds. The van der Waals surface area contributed by atoms with Crippen molar-refractivity contribution < 1.29 is 17.9 Å². The summed E-state index contributed by atoms with van der Waals surface area (Å²) >= 11 is 5.77. The predicted octanol–water partition coefficient (Wildman–Crippen LogP) is 1.11. The molecule has 106 valence electrons. The highest BCUT2D eigenvalue weighted by atomic mass is 35.5. The lowest BCUT2D eigenvalue weighted by Gasteiger charge is -2.20. The molecule has 1 aromatic rings. The molecule has 0 aliphatic heterocycles. The van der Waals surface area contributed by atoms with Crippen LogP contribution >= 0.6 is 11.6 Å².